The van der Waals surface area contributed by atoms with Crippen molar-refractivity contribution in [3.63, 3.8) is 0 Å². The predicted octanol–water partition coefficient (Wildman–Crippen LogP) is 1.21. The molecule has 2 rings (SSSR count). The van der Waals surface area contributed by atoms with Gasteiger partial charge in [-0.05, 0) is 23.8 Å². The van der Waals surface area contributed by atoms with E-state index in [2.05, 4.69) is 4.98 Å². The van der Waals surface area contributed by atoms with Gasteiger partial charge in [-0.2, -0.15) is 0 Å². The minimum atomic E-state index is -0.269. The lowest BCUT2D eigenvalue weighted by atomic mass is 10.1. The van der Waals surface area contributed by atoms with Crippen molar-refractivity contribution in [1.82, 2.24) is 4.98 Å². The number of nitrogen functional groups attached to an aromatic ring is 2. The summed E-state index contributed by atoms with van der Waals surface area (Å²) in [6.45, 7) is 0. The second kappa shape index (κ2) is 3.49. The summed E-state index contributed by atoms with van der Waals surface area (Å²) < 4.78 is 0. The summed E-state index contributed by atoms with van der Waals surface area (Å²) in [5.41, 5.74) is 13.6. The summed E-state index contributed by atoms with van der Waals surface area (Å²) in [6, 6.07) is 9.00. The van der Waals surface area contributed by atoms with Crippen molar-refractivity contribution in [3.05, 3.63) is 46.9 Å². The maximum absolute atomic E-state index is 11.1. The van der Waals surface area contributed by atoms with E-state index < -0.39 is 0 Å². The highest BCUT2D eigenvalue weighted by atomic mass is 16.1. The molecule has 4 heteroatoms. The van der Waals surface area contributed by atoms with Gasteiger partial charge in [0.05, 0.1) is 5.69 Å². The number of nitrogens with one attached hydrogen (secondary N) is 1. The summed E-state index contributed by atoms with van der Waals surface area (Å²) in [7, 11) is 0. The molecule has 0 bridgehead atoms. The second-order valence-corrected chi connectivity index (χ2v) is 3.29. The van der Waals surface area contributed by atoms with E-state index >= 15 is 0 Å². The quantitative estimate of drug-likeness (QED) is 0.606. The first-order valence-corrected chi connectivity index (χ1v) is 4.51. The first-order valence-electron chi connectivity index (χ1n) is 4.51. The smallest absolute Gasteiger partial charge is 0.271 e. The van der Waals surface area contributed by atoms with Gasteiger partial charge in [-0.3, -0.25) is 4.79 Å². The van der Waals surface area contributed by atoms with Crippen molar-refractivity contribution in [1.29, 1.82) is 0 Å². The van der Waals surface area contributed by atoms with Crippen LogP contribution in [0, 0.1) is 0 Å². The number of hydrogen-bond acceptors (Lipinski definition) is 3. The van der Waals surface area contributed by atoms with Gasteiger partial charge in [0.1, 0.15) is 0 Å². The molecule has 1 aromatic heterocycles. The van der Waals surface area contributed by atoms with Gasteiger partial charge in [-0.1, -0.05) is 12.1 Å². The molecule has 2 aromatic rings. The summed E-state index contributed by atoms with van der Waals surface area (Å²) >= 11 is 0. The molecule has 0 spiro atoms. The highest BCUT2D eigenvalue weighted by Crippen LogP contribution is 2.19. The van der Waals surface area contributed by atoms with E-state index in [1.807, 2.05) is 12.1 Å². The van der Waals surface area contributed by atoms with Crippen molar-refractivity contribution < 1.29 is 0 Å². The van der Waals surface area contributed by atoms with Gasteiger partial charge in [0, 0.05) is 17.4 Å². The van der Waals surface area contributed by atoms with Gasteiger partial charge in [-0.15, -0.1) is 0 Å². The Morgan fingerprint density at radius 3 is 2.27 bits per heavy atom. The van der Waals surface area contributed by atoms with Crippen molar-refractivity contribution >= 4 is 11.4 Å². The predicted molar refractivity (Wildman–Crippen MR) is 61.3 cm³/mol. The summed E-state index contributed by atoms with van der Waals surface area (Å²) in [5, 5.41) is 0. The lowest BCUT2D eigenvalue weighted by molar-refractivity contribution is 1.25. The third-order valence-corrected chi connectivity index (χ3v) is 2.18. The number of aromatic nitrogens is 1. The second-order valence-electron chi connectivity index (χ2n) is 3.29. The van der Waals surface area contributed by atoms with E-state index in [0.717, 1.165) is 11.1 Å². The molecule has 0 fully saturated rings. The normalized spacial score (nSPS) is 10.1. The Bertz CT molecular complexity index is 528. The summed E-state index contributed by atoms with van der Waals surface area (Å²) in [5.74, 6) is 0. The molecule has 15 heavy (non-hydrogen) atoms. The van der Waals surface area contributed by atoms with Crippen LogP contribution in [-0.2, 0) is 0 Å². The zero-order valence-corrected chi connectivity index (χ0v) is 8.03. The lowest BCUT2D eigenvalue weighted by Gasteiger charge is -2.02. The number of H-pyrrole nitrogens is 1. The standard InChI is InChI=1S/C11H11N3O/c12-9-3-1-7(2-4-9)8-5-10(13)11(15)14-6-8/h1-6H,12-13H2,(H,14,15). The topological polar surface area (TPSA) is 84.9 Å². The van der Waals surface area contributed by atoms with Crippen LogP contribution in [0.2, 0.25) is 0 Å². The van der Waals surface area contributed by atoms with Crippen LogP contribution in [0.1, 0.15) is 0 Å². The number of aromatic amines is 1. The van der Waals surface area contributed by atoms with Gasteiger partial charge in [0.25, 0.3) is 5.56 Å². The fraction of sp³-hybridized carbons (Fsp3) is 0. The number of benzene rings is 1. The molecule has 76 valence electrons. The molecule has 0 amide bonds. The first kappa shape index (κ1) is 9.33. The molecule has 0 aliphatic rings. The van der Waals surface area contributed by atoms with Crippen LogP contribution in [0.25, 0.3) is 11.1 Å². The van der Waals surface area contributed by atoms with Gasteiger partial charge in [-0.25, -0.2) is 0 Å². The van der Waals surface area contributed by atoms with E-state index in [1.54, 1.807) is 24.4 Å². The molecule has 1 aromatic carbocycles. The fourth-order valence-corrected chi connectivity index (χ4v) is 1.34. The maximum atomic E-state index is 11.1. The van der Waals surface area contributed by atoms with Crippen LogP contribution in [0.3, 0.4) is 0 Å². The molecular weight excluding hydrogens is 190 g/mol. The van der Waals surface area contributed by atoms with Crippen LogP contribution >= 0.6 is 0 Å². The van der Waals surface area contributed by atoms with Crippen LogP contribution < -0.4 is 17.0 Å². The maximum Gasteiger partial charge on any atom is 0.271 e. The zero-order chi connectivity index (χ0) is 10.8. The van der Waals surface area contributed by atoms with Gasteiger partial charge < -0.3 is 16.5 Å². The Labute approximate surface area is 86.5 Å². The van der Waals surface area contributed by atoms with E-state index in [1.165, 1.54) is 0 Å². The lowest BCUT2D eigenvalue weighted by Crippen LogP contribution is -2.10. The van der Waals surface area contributed by atoms with Crippen LogP contribution in [0.5, 0.6) is 0 Å². The monoisotopic (exact) mass is 201 g/mol. The number of hydrogen-bond donors (Lipinski definition) is 3. The minimum Gasteiger partial charge on any atom is -0.399 e. The SMILES string of the molecule is Nc1ccc(-c2c[nH]c(=O)c(N)c2)cc1. The molecule has 0 saturated heterocycles. The van der Waals surface area contributed by atoms with Crippen molar-refractivity contribution in [2.24, 2.45) is 0 Å². The Morgan fingerprint density at radius 1 is 1.00 bits per heavy atom. The first-order chi connectivity index (χ1) is 7.16. The van der Waals surface area contributed by atoms with Crippen LogP contribution in [0.15, 0.2) is 41.3 Å². The molecule has 0 saturated carbocycles. The summed E-state index contributed by atoms with van der Waals surface area (Å²) in [6.07, 6.45) is 1.63. The highest BCUT2D eigenvalue weighted by molar-refractivity contribution is 5.67. The van der Waals surface area contributed by atoms with Crippen molar-refractivity contribution in [3.8, 4) is 11.1 Å². The van der Waals surface area contributed by atoms with Gasteiger partial charge in [0.15, 0.2) is 0 Å². The molecule has 0 aliphatic carbocycles. The van der Waals surface area contributed by atoms with Gasteiger partial charge >= 0.3 is 0 Å². The van der Waals surface area contributed by atoms with Crippen molar-refractivity contribution in [2.45, 2.75) is 0 Å². The molecule has 5 N–H and O–H groups in total. The average Bonchev–Trinajstić information content (AvgIpc) is 2.23. The largest absolute Gasteiger partial charge is 0.399 e. The van der Waals surface area contributed by atoms with E-state index in [4.69, 9.17) is 11.5 Å². The molecule has 0 unspecified atom stereocenters. The van der Waals surface area contributed by atoms with E-state index in [9.17, 15) is 4.79 Å². The number of pyridine rings is 1. The molecule has 0 radical (unpaired) electrons. The summed E-state index contributed by atoms with van der Waals surface area (Å²) in [4.78, 5) is 13.6. The van der Waals surface area contributed by atoms with E-state index in [-0.39, 0.29) is 11.2 Å². The van der Waals surface area contributed by atoms with Gasteiger partial charge in [0.2, 0.25) is 0 Å². The number of anilines is 2. The zero-order valence-electron chi connectivity index (χ0n) is 8.03. The highest BCUT2D eigenvalue weighted by Gasteiger charge is 2.00. The molecule has 0 atom stereocenters. The molecule has 4 nitrogen and oxygen atoms in total. The molecular formula is C11H11N3O. The number of nitrogens with two attached hydrogens (primary N) is 2. The Hall–Kier alpha value is -2.23. The third-order valence-electron chi connectivity index (χ3n) is 2.18. The van der Waals surface area contributed by atoms with Crippen molar-refractivity contribution in [2.75, 3.05) is 11.5 Å². The van der Waals surface area contributed by atoms with Crippen LogP contribution in [-0.4, -0.2) is 4.98 Å². The number of rotatable bonds is 1. The Kier molecular flexibility index (Phi) is 2.17. The minimum absolute atomic E-state index is 0.212. The third kappa shape index (κ3) is 1.83. The Morgan fingerprint density at radius 2 is 1.67 bits per heavy atom. The molecule has 0 aliphatic heterocycles. The average molecular weight is 201 g/mol. The fourth-order valence-electron chi connectivity index (χ4n) is 1.34. The Balaban J connectivity index is 2.50. The van der Waals surface area contributed by atoms with Crippen LogP contribution in [0.4, 0.5) is 11.4 Å². The van der Waals surface area contributed by atoms with E-state index in [0.29, 0.717) is 5.69 Å². The molecule has 1 heterocycles.